The summed E-state index contributed by atoms with van der Waals surface area (Å²) in [7, 11) is -0.599. The molecule has 3 heterocycles. The lowest BCUT2D eigenvalue weighted by atomic mass is 9.77. The van der Waals surface area contributed by atoms with E-state index in [1.165, 1.54) is 6.07 Å². The van der Waals surface area contributed by atoms with Crippen molar-refractivity contribution in [1.29, 1.82) is 0 Å². The summed E-state index contributed by atoms with van der Waals surface area (Å²) in [5.41, 5.74) is 2.68. The zero-order chi connectivity index (χ0) is 21.3. The average Bonchev–Trinajstić information content (AvgIpc) is 3.43. The van der Waals surface area contributed by atoms with Gasteiger partial charge < -0.3 is 14.2 Å². The van der Waals surface area contributed by atoms with E-state index in [0.717, 1.165) is 24.0 Å². The third kappa shape index (κ3) is 3.15. The van der Waals surface area contributed by atoms with E-state index in [9.17, 15) is 4.79 Å². The first-order chi connectivity index (χ1) is 14.2. The van der Waals surface area contributed by atoms with Crippen LogP contribution in [0.2, 0.25) is 0 Å². The molecule has 1 saturated heterocycles. The molecule has 0 bridgehead atoms. The van der Waals surface area contributed by atoms with Gasteiger partial charge in [-0.1, -0.05) is 12.1 Å². The summed E-state index contributed by atoms with van der Waals surface area (Å²) < 4.78 is 27.6. The molecule has 5 nitrogen and oxygen atoms in total. The Morgan fingerprint density at radius 1 is 1.20 bits per heavy atom. The molecule has 2 aliphatic heterocycles. The van der Waals surface area contributed by atoms with Crippen molar-refractivity contribution in [2.45, 2.75) is 70.7 Å². The van der Waals surface area contributed by atoms with Crippen LogP contribution in [-0.2, 0) is 22.4 Å². The molecule has 7 heteroatoms. The average molecular weight is 408 g/mol. The van der Waals surface area contributed by atoms with E-state index < -0.39 is 18.3 Å². The minimum Gasteiger partial charge on any atom is -0.399 e. The van der Waals surface area contributed by atoms with Gasteiger partial charge in [-0.3, -0.25) is 9.78 Å². The number of carbonyl (C=O) groups is 1. The predicted octanol–water partition coefficient (Wildman–Crippen LogP) is 3.55. The Balaban J connectivity index is 1.45. The molecule has 2 fully saturated rings. The fourth-order valence-corrected chi connectivity index (χ4v) is 4.22. The summed E-state index contributed by atoms with van der Waals surface area (Å²) in [4.78, 5) is 18.6. The van der Waals surface area contributed by atoms with E-state index in [4.69, 9.17) is 9.31 Å². The molecule has 2 aromatic rings. The number of hydrogen-bond donors (Lipinski definition) is 0. The standard InChI is InChI=1S/C23H26BFN2O3/c1-22(2)23(3,4)30-24(29-22)16-10-17(14-7-8-14)18(19(25)11-16)13-27-12-15-6-5-9-26-20(15)21(27)28/h5-6,9-11,14H,7-8,12-13H2,1-4H3. The molecule has 0 atom stereocenters. The summed E-state index contributed by atoms with van der Waals surface area (Å²) in [5.74, 6) is -0.113. The molecule has 5 rings (SSSR count). The van der Waals surface area contributed by atoms with Crippen LogP contribution in [0.5, 0.6) is 0 Å². The van der Waals surface area contributed by atoms with Crippen molar-refractivity contribution < 1.29 is 18.5 Å². The van der Waals surface area contributed by atoms with Gasteiger partial charge >= 0.3 is 7.12 Å². The summed E-state index contributed by atoms with van der Waals surface area (Å²) in [6.45, 7) is 8.67. The highest BCUT2D eigenvalue weighted by molar-refractivity contribution is 6.62. The highest BCUT2D eigenvalue weighted by Gasteiger charge is 2.52. The molecular formula is C23H26BFN2O3. The van der Waals surface area contributed by atoms with Crippen LogP contribution in [-0.4, -0.2) is 34.1 Å². The Hall–Kier alpha value is -2.25. The van der Waals surface area contributed by atoms with E-state index in [1.807, 2.05) is 45.9 Å². The minimum atomic E-state index is -0.599. The van der Waals surface area contributed by atoms with E-state index in [0.29, 0.717) is 29.2 Å². The van der Waals surface area contributed by atoms with Crippen molar-refractivity contribution in [2.75, 3.05) is 0 Å². The Morgan fingerprint density at radius 3 is 2.53 bits per heavy atom. The molecule has 0 spiro atoms. The highest BCUT2D eigenvalue weighted by atomic mass is 19.1. The van der Waals surface area contributed by atoms with Crippen molar-refractivity contribution in [3.05, 3.63) is 58.7 Å². The van der Waals surface area contributed by atoms with E-state index in [-0.39, 0.29) is 18.3 Å². The molecule has 1 saturated carbocycles. The Kier molecular flexibility index (Phi) is 4.35. The maximum Gasteiger partial charge on any atom is 0.494 e. The first kappa shape index (κ1) is 19.7. The maximum absolute atomic E-state index is 15.4. The zero-order valence-corrected chi connectivity index (χ0v) is 17.9. The molecular weight excluding hydrogens is 382 g/mol. The van der Waals surface area contributed by atoms with Gasteiger partial charge in [0.1, 0.15) is 11.5 Å². The van der Waals surface area contributed by atoms with Gasteiger partial charge in [-0.15, -0.1) is 0 Å². The lowest BCUT2D eigenvalue weighted by molar-refractivity contribution is 0.00578. The fraction of sp³-hybridized carbons (Fsp3) is 0.478. The van der Waals surface area contributed by atoms with Crippen molar-refractivity contribution in [3.63, 3.8) is 0 Å². The smallest absolute Gasteiger partial charge is 0.399 e. The molecule has 0 radical (unpaired) electrons. The third-order valence-electron chi connectivity index (χ3n) is 6.89. The lowest BCUT2D eigenvalue weighted by Gasteiger charge is -2.32. The third-order valence-corrected chi connectivity index (χ3v) is 6.89. The van der Waals surface area contributed by atoms with Gasteiger partial charge in [-0.05, 0) is 69.6 Å². The van der Waals surface area contributed by atoms with Crippen LogP contribution in [0.4, 0.5) is 4.39 Å². The molecule has 3 aliphatic rings. The first-order valence-electron chi connectivity index (χ1n) is 10.6. The van der Waals surface area contributed by atoms with E-state index in [2.05, 4.69) is 4.98 Å². The Morgan fingerprint density at radius 2 is 1.90 bits per heavy atom. The van der Waals surface area contributed by atoms with Crippen molar-refractivity contribution in [1.82, 2.24) is 9.88 Å². The van der Waals surface area contributed by atoms with Crippen LogP contribution in [0.25, 0.3) is 0 Å². The minimum absolute atomic E-state index is 0.137. The number of rotatable bonds is 4. The number of hydrogen-bond acceptors (Lipinski definition) is 4. The Labute approximate surface area is 176 Å². The quantitative estimate of drug-likeness (QED) is 0.727. The number of amides is 1. The van der Waals surface area contributed by atoms with E-state index >= 15 is 4.39 Å². The fourth-order valence-electron chi connectivity index (χ4n) is 4.22. The van der Waals surface area contributed by atoms with Gasteiger partial charge in [0, 0.05) is 30.4 Å². The van der Waals surface area contributed by atoms with Gasteiger partial charge in [0.2, 0.25) is 0 Å². The van der Waals surface area contributed by atoms with Gasteiger partial charge in [0.05, 0.1) is 11.2 Å². The predicted molar refractivity (Wildman–Crippen MR) is 112 cm³/mol. The van der Waals surface area contributed by atoms with Crippen LogP contribution in [0.3, 0.4) is 0 Å². The number of pyridine rings is 1. The first-order valence-corrected chi connectivity index (χ1v) is 10.6. The summed E-state index contributed by atoms with van der Waals surface area (Å²) in [6.07, 6.45) is 3.69. The lowest BCUT2D eigenvalue weighted by Crippen LogP contribution is -2.41. The van der Waals surface area contributed by atoms with Crippen molar-refractivity contribution in [3.8, 4) is 0 Å². The molecule has 1 aromatic carbocycles. The van der Waals surface area contributed by atoms with Crippen LogP contribution < -0.4 is 5.46 Å². The second-order valence-electron chi connectivity index (χ2n) is 9.61. The van der Waals surface area contributed by atoms with Gasteiger partial charge in [-0.25, -0.2) is 4.39 Å². The van der Waals surface area contributed by atoms with Crippen molar-refractivity contribution in [2.24, 2.45) is 0 Å². The summed E-state index contributed by atoms with van der Waals surface area (Å²) in [6, 6.07) is 7.25. The molecule has 1 aromatic heterocycles. The van der Waals surface area contributed by atoms with Crippen LogP contribution in [0.15, 0.2) is 30.5 Å². The maximum atomic E-state index is 15.4. The van der Waals surface area contributed by atoms with Crippen LogP contribution >= 0.6 is 0 Å². The zero-order valence-electron chi connectivity index (χ0n) is 17.9. The molecule has 1 aliphatic carbocycles. The normalized spacial score (nSPS) is 22.0. The van der Waals surface area contributed by atoms with Gasteiger partial charge in [0.25, 0.3) is 5.91 Å². The highest BCUT2D eigenvalue weighted by Crippen LogP contribution is 2.43. The summed E-state index contributed by atoms with van der Waals surface area (Å²) >= 11 is 0. The summed E-state index contributed by atoms with van der Waals surface area (Å²) in [5, 5.41) is 0. The van der Waals surface area contributed by atoms with Gasteiger partial charge in [-0.2, -0.15) is 0 Å². The molecule has 0 N–H and O–H groups in total. The number of fused-ring (bicyclic) bond motifs is 1. The topological polar surface area (TPSA) is 51.7 Å². The number of nitrogens with zero attached hydrogens (tertiary/aromatic N) is 2. The number of benzene rings is 1. The monoisotopic (exact) mass is 408 g/mol. The second kappa shape index (κ2) is 6.63. The SMILES string of the molecule is CC1(C)OB(c2cc(F)c(CN3Cc4cccnc4C3=O)c(C3CC3)c2)OC1(C)C. The van der Waals surface area contributed by atoms with Crippen LogP contribution in [0.1, 0.15) is 73.6 Å². The molecule has 30 heavy (non-hydrogen) atoms. The molecule has 156 valence electrons. The molecule has 1 amide bonds. The molecule has 0 unspecified atom stereocenters. The number of carbonyl (C=O) groups excluding carboxylic acids is 1. The van der Waals surface area contributed by atoms with Gasteiger partial charge in [0.15, 0.2) is 0 Å². The largest absolute Gasteiger partial charge is 0.494 e. The van der Waals surface area contributed by atoms with Crippen LogP contribution in [0, 0.1) is 5.82 Å². The number of aromatic nitrogens is 1. The Bertz CT molecular complexity index is 1020. The second-order valence-corrected chi connectivity index (χ2v) is 9.61. The number of halogens is 1. The van der Waals surface area contributed by atoms with Crippen molar-refractivity contribution >= 4 is 18.5 Å². The van der Waals surface area contributed by atoms with E-state index in [1.54, 1.807) is 11.1 Å².